The van der Waals surface area contributed by atoms with E-state index in [4.69, 9.17) is 0 Å². The molecule has 3 N–H and O–H groups in total. The standard InChI is InChI=1S/C14H15N5O/c1-9-4-5-10(11-3-2-6-16-13(9)11)7-15-8-12-17-14(20)19-18-12/h2-6,15H,7-8H2,1H3,(H2,17,18,19,20). The summed E-state index contributed by atoms with van der Waals surface area (Å²) in [5, 5.41) is 10.6. The number of benzene rings is 1. The summed E-state index contributed by atoms with van der Waals surface area (Å²) in [7, 11) is 0. The zero-order valence-corrected chi connectivity index (χ0v) is 11.1. The summed E-state index contributed by atoms with van der Waals surface area (Å²) in [5.74, 6) is 0.601. The molecular weight excluding hydrogens is 254 g/mol. The van der Waals surface area contributed by atoms with E-state index in [-0.39, 0.29) is 5.69 Å². The first-order valence-corrected chi connectivity index (χ1v) is 6.41. The van der Waals surface area contributed by atoms with Crippen LogP contribution in [-0.4, -0.2) is 20.2 Å². The molecule has 6 nitrogen and oxygen atoms in total. The predicted molar refractivity (Wildman–Crippen MR) is 76.2 cm³/mol. The van der Waals surface area contributed by atoms with Gasteiger partial charge < -0.3 is 5.32 Å². The lowest BCUT2D eigenvalue weighted by atomic mass is 10.0. The minimum absolute atomic E-state index is 0.285. The van der Waals surface area contributed by atoms with Crippen molar-refractivity contribution in [1.29, 1.82) is 0 Å². The van der Waals surface area contributed by atoms with Gasteiger partial charge in [-0.3, -0.25) is 9.97 Å². The molecule has 2 heterocycles. The van der Waals surface area contributed by atoms with Crippen molar-refractivity contribution in [3.05, 3.63) is 57.9 Å². The van der Waals surface area contributed by atoms with Crippen LogP contribution in [0.25, 0.3) is 10.9 Å². The van der Waals surface area contributed by atoms with Crippen molar-refractivity contribution < 1.29 is 0 Å². The second-order valence-electron chi connectivity index (χ2n) is 4.67. The average molecular weight is 269 g/mol. The Labute approximate surface area is 115 Å². The maximum absolute atomic E-state index is 10.9. The quantitative estimate of drug-likeness (QED) is 0.665. The lowest BCUT2D eigenvalue weighted by molar-refractivity contribution is 0.667. The van der Waals surface area contributed by atoms with E-state index in [1.807, 2.05) is 6.07 Å². The van der Waals surface area contributed by atoms with E-state index in [1.54, 1.807) is 6.20 Å². The van der Waals surface area contributed by atoms with Gasteiger partial charge in [0.05, 0.1) is 12.1 Å². The van der Waals surface area contributed by atoms with E-state index in [0.29, 0.717) is 18.9 Å². The van der Waals surface area contributed by atoms with Gasteiger partial charge in [-0.1, -0.05) is 18.2 Å². The summed E-state index contributed by atoms with van der Waals surface area (Å²) in [6.07, 6.45) is 1.81. The molecule has 0 atom stereocenters. The number of aryl methyl sites for hydroxylation is 1. The van der Waals surface area contributed by atoms with E-state index in [0.717, 1.165) is 10.9 Å². The highest BCUT2D eigenvalue weighted by Crippen LogP contribution is 2.20. The predicted octanol–water partition coefficient (Wildman–Crippen LogP) is 1.24. The van der Waals surface area contributed by atoms with Gasteiger partial charge in [-0.25, -0.2) is 9.89 Å². The summed E-state index contributed by atoms with van der Waals surface area (Å²) in [5.41, 5.74) is 3.09. The molecule has 0 spiro atoms. The second-order valence-corrected chi connectivity index (χ2v) is 4.67. The minimum Gasteiger partial charge on any atom is -0.306 e. The SMILES string of the molecule is Cc1ccc(CNCc2n[nH]c(=O)[nH]2)c2cccnc12. The lowest BCUT2D eigenvalue weighted by Crippen LogP contribution is -2.14. The molecule has 3 aromatic rings. The maximum Gasteiger partial charge on any atom is 0.340 e. The van der Waals surface area contributed by atoms with Gasteiger partial charge in [0, 0.05) is 18.1 Å². The van der Waals surface area contributed by atoms with Crippen LogP contribution in [0.2, 0.25) is 0 Å². The monoisotopic (exact) mass is 269 g/mol. The Balaban J connectivity index is 1.78. The van der Waals surface area contributed by atoms with Gasteiger partial charge >= 0.3 is 5.69 Å². The van der Waals surface area contributed by atoms with Crippen molar-refractivity contribution in [3.8, 4) is 0 Å². The summed E-state index contributed by atoms with van der Waals surface area (Å²) in [4.78, 5) is 18.0. The van der Waals surface area contributed by atoms with Gasteiger partial charge in [-0.2, -0.15) is 5.10 Å². The van der Waals surface area contributed by atoms with E-state index in [1.165, 1.54) is 11.1 Å². The molecule has 0 saturated heterocycles. The van der Waals surface area contributed by atoms with Crippen LogP contribution in [0.15, 0.2) is 35.3 Å². The molecule has 0 fully saturated rings. The van der Waals surface area contributed by atoms with E-state index in [9.17, 15) is 4.79 Å². The number of aromatic nitrogens is 4. The summed E-state index contributed by atoms with van der Waals surface area (Å²) >= 11 is 0. The maximum atomic E-state index is 10.9. The highest BCUT2D eigenvalue weighted by atomic mass is 16.1. The Hall–Kier alpha value is -2.47. The third-order valence-corrected chi connectivity index (χ3v) is 3.22. The average Bonchev–Trinajstić information content (AvgIpc) is 2.87. The van der Waals surface area contributed by atoms with Gasteiger partial charge in [0.2, 0.25) is 0 Å². The molecule has 0 bridgehead atoms. The highest BCUT2D eigenvalue weighted by Gasteiger charge is 2.04. The van der Waals surface area contributed by atoms with Crippen LogP contribution in [0.3, 0.4) is 0 Å². The first kappa shape index (κ1) is 12.6. The smallest absolute Gasteiger partial charge is 0.306 e. The van der Waals surface area contributed by atoms with E-state index in [2.05, 4.69) is 50.6 Å². The molecule has 0 aliphatic carbocycles. The molecule has 0 amide bonds. The van der Waals surface area contributed by atoms with E-state index >= 15 is 0 Å². The first-order chi connectivity index (χ1) is 9.74. The van der Waals surface area contributed by atoms with Gasteiger partial charge in [-0.15, -0.1) is 0 Å². The molecular formula is C14H15N5O. The van der Waals surface area contributed by atoms with Gasteiger partial charge in [0.15, 0.2) is 0 Å². The van der Waals surface area contributed by atoms with Crippen molar-refractivity contribution in [2.45, 2.75) is 20.0 Å². The number of H-pyrrole nitrogens is 2. The van der Waals surface area contributed by atoms with Crippen molar-refractivity contribution in [3.63, 3.8) is 0 Å². The van der Waals surface area contributed by atoms with Crippen molar-refractivity contribution in [2.24, 2.45) is 0 Å². The Bertz CT molecular complexity index is 789. The summed E-state index contributed by atoms with van der Waals surface area (Å²) in [6.45, 7) is 3.26. The number of aromatic amines is 2. The molecule has 2 aromatic heterocycles. The van der Waals surface area contributed by atoms with Crippen molar-refractivity contribution in [2.75, 3.05) is 0 Å². The molecule has 0 unspecified atom stereocenters. The number of hydrogen-bond donors (Lipinski definition) is 3. The van der Waals surface area contributed by atoms with Crippen LogP contribution in [-0.2, 0) is 13.1 Å². The number of nitrogens with zero attached hydrogens (tertiary/aromatic N) is 2. The van der Waals surface area contributed by atoms with E-state index < -0.39 is 0 Å². The number of nitrogens with one attached hydrogen (secondary N) is 3. The molecule has 1 aromatic carbocycles. The normalized spacial score (nSPS) is 11.1. The topological polar surface area (TPSA) is 86.5 Å². The van der Waals surface area contributed by atoms with Crippen LogP contribution in [0.4, 0.5) is 0 Å². The Kier molecular flexibility index (Phi) is 3.30. The summed E-state index contributed by atoms with van der Waals surface area (Å²) in [6, 6.07) is 8.18. The molecule has 6 heteroatoms. The van der Waals surface area contributed by atoms with Gasteiger partial charge in [0.25, 0.3) is 0 Å². The molecule has 20 heavy (non-hydrogen) atoms. The van der Waals surface area contributed by atoms with Crippen molar-refractivity contribution in [1.82, 2.24) is 25.5 Å². The van der Waals surface area contributed by atoms with Crippen LogP contribution >= 0.6 is 0 Å². The molecule has 0 saturated carbocycles. The molecule has 3 rings (SSSR count). The molecule has 102 valence electrons. The second kappa shape index (κ2) is 5.26. The Morgan fingerprint density at radius 1 is 1.25 bits per heavy atom. The number of fused-ring (bicyclic) bond motifs is 1. The number of hydrogen-bond acceptors (Lipinski definition) is 4. The minimum atomic E-state index is -0.285. The molecule has 0 aliphatic heterocycles. The lowest BCUT2D eigenvalue weighted by Gasteiger charge is -2.08. The van der Waals surface area contributed by atoms with Crippen molar-refractivity contribution >= 4 is 10.9 Å². The van der Waals surface area contributed by atoms with Crippen LogP contribution in [0.1, 0.15) is 17.0 Å². The van der Waals surface area contributed by atoms with Gasteiger partial charge in [-0.05, 0) is 24.1 Å². The fourth-order valence-corrected chi connectivity index (χ4v) is 2.23. The fourth-order valence-electron chi connectivity index (χ4n) is 2.23. The third-order valence-electron chi connectivity index (χ3n) is 3.22. The van der Waals surface area contributed by atoms with Crippen LogP contribution in [0, 0.1) is 6.92 Å². The molecule has 0 aliphatic rings. The Morgan fingerprint density at radius 2 is 2.15 bits per heavy atom. The highest BCUT2D eigenvalue weighted by molar-refractivity contribution is 5.84. The first-order valence-electron chi connectivity index (χ1n) is 6.41. The summed E-state index contributed by atoms with van der Waals surface area (Å²) < 4.78 is 0. The zero-order chi connectivity index (χ0) is 13.9. The Morgan fingerprint density at radius 3 is 2.95 bits per heavy atom. The van der Waals surface area contributed by atoms with Crippen LogP contribution in [0.5, 0.6) is 0 Å². The largest absolute Gasteiger partial charge is 0.340 e. The zero-order valence-electron chi connectivity index (χ0n) is 11.1. The third kappa shape index (κ3) is 2.46. The van der Waals surface area contributed by atoms with Crippen LogP contribution < -0.4 is 11.0 Å². The number of rotatable bonds is 4. The number of pyridine rings is 1. The fraction of sp³-hybridized carbons (Fsp3) is 0.214. The molecule has 0 radical (unpaired) electrons. The van der Waals surface area contributed by atoms with Gasteiger partial charge in [0.1, 0.15) is 5.82 Å².